The molecule has 0 bridgehead atoms. The van der Waals surface area contributed by atoms with E-state index in [1.165, 1.54) is 6.33 Å². The van der Waals surface area contributed by atoms with Gasteiger partial charge in [0.2, 0.25) is 0 Å². The summed E-state index contributed by atoms with van der Waals surface area (Å²) >= 11 is 6.11. The van der Waals surface area contributed by atoms with Crippen molar-refractivity contribution in [3.05, 3.63) is 64.8 Å². The topological polar surface area (TPSA) is 92.9 Å². The lowest BCUT2D eigenvalue weighted by Gasteiger charge is -2.08. The monoisotopic (exact) mass is 343 g/mol. The number of aryl methyl sites for hydroxylation is 1. The first-order valence-corrected chi connectivity index (χ1v) is 7.53. The van der Waals surface area contributed by atoms with E-state index in [2.05, 4.69) is 25.8 Å². The van der Waals surface area contributed by atoms with Gasteiger partial charge in [-0.3, -0.25) is 4.79 Å². The number of anilines is 2. The lowest BCUT2D eigenvalue weighted by atomic mass is 10.2. The van der Waals surface area contributed by atoms with E-state index in [0.29, 0.717) is 29.0 Å². The maximum Gasteiger partial charge on any atom is 0.275 e. The van der Waals surface area contributed by atoms with Crippen molar-refractivity contribution >= 4 is 29.1 Å². The summed E-state index contributed by atoms with van der Waals surface area (Å²) in [5.74, 6) is 1.06. The summed E-state index contributed by atoms with van der Waals surface area (Å²) in [5, 5.41) is 10.1. The molecule has 2 heterocycles. The van der Waals surface area contributed by atoms with Gasteiger partial charge < -0.3 is 15.2 Å². The highest BCUT2D eigenvalue weighted by Crippen LogP contribution is 2.16. The average molecular weight is 344 g/mol. The summed E-state index contributed by atoms with van der Waals surface area (Å²) in [7, 11) is 0. The van der Waals surface area contributed by atoms with Crippen LogP contribution in [0.3, 0.4) is 0 Å². The maximum atomic E-state index is 12.2. The van der Waals surface area contributed by atoms with Gasteiger partial charge in [0.1, 0.15) is 23.6 Å². The zero-order chi connectivity index (χ0) is 16.9. The molecule has 1 aromatic carbocycles. The quantitative estimate of drug-likeness (QED) is 0.738. The molecule has 2 N–H and O–H groups in total. The number of amides is 1. The molecule has 0 aliphatic rings. The van der Waals surface area contributed by atoms with Crippen LogP contribution in [0.4, 0.5) is 11.6 Å². The number of benzene rings is 1. The largest absolute Gasteiger partial charge is 0.366 e. The third kappa shape index (κ3) is 3.88. The molecule has 0 unspecified atom stereocenters. The van der Waals surface area contributed by atoms with Crippen LogP contribution in [-0.2, 0) is 6.54 Å². The summed E-state index contributed by atoms with van der Waals surface area (Å²) in [6, 6.07) is 10.7. The highest BCUT2D eigenvalue weighted by atomic mass is 35.5. The first-order valence-electron chi connectivity index (χ1n) is 7.16. The molecule has 0 spiro atoms. The van der Waals surface area contributed by atoms with Crippen molar-refractivity contribution in [3.8, 4) is 0 Å². The molecule has 3 aromatic rings. The standard InChI is InChI=1S/C16H14ClN5O2/c1-10-6-15(22-24-10)21-16(23)13-7-14(20-9-19-13)18-8-11-4-2-3-5-12(11)17/h2-7,9H,8H2,1H3,(H,18,19,20)(H,21,22,23). The van der Waals surface area contributed by atoms with Gasteiger partial charge in [-0.05, 0) is 18.6 Å². The molecule has 0 fully saturated rings. The zero-order valence-corrected chi connectivity index (χ0v) is 13.5. The van der Waals surface area contributed by atoms with Gasteiger partial charge in [-0.25, -0.2) is 9.97 Å². The first-order chi connectivity index (χ1) is 11.6. The molecule has 0 atom stereocenters. The number of aromatic nitrogens is 3. The number of nitrogens with one attached hydrogen (secondary N) is 2. The second kappa shape index (κ2) is 7.10. The molecule has 2 aromatic heterocycles. The van der Waals surface area contributed by atoms with Crippen LogP contribution >= 0.6 is 11.6 Å². The Kier molecular flexibility index (Phi) is 4.72. The second-order valence-electron chi connectivity index (χ2n) is 5.01. The van der Waals surface area contributed by atoms with Crippen molar-refractivity contribution in [2.24, 2.45) is 0 Å². The molecule has 3 rings (SSSR count). The second-order valence-corrected chi connectivity index (χ2v) is 5.42. The molecule has 7 nitrogen and oxygen atoms in total. The Morgan fingerprint density at radius 3 is 2.79 bits per heavy atom. The van der Waals surface area contributed by atoms with E-state index in [4.69, 9.17) is 16.1 Å². The number of hydrogen-bond donors (Lipinski definition) is 2. The van der Waals surface area contributed by atoms with Crippen molar-refractivity contribution in [1.82, 2.24) is 15.1 Å². The van der Waals surface area contributed by atoms with Crippen LogP contribution in [0.1, 0.15) is 21.8 Å². The highest BCUT2D eigenvalue weighted by molar-refractivity contribution is 6.31. The van der Waals surface area contributed by atoms with E-state index in [-0.39, 0.29) is 5.69 Å². The van der Waals surface area contributed by atoms with Crippen molar-refractivity contribution in [2.75, 3.05) is 10.6 Å². The van der Waals surface area contributed by atoms with E-state index in [0.717, 1.165) is 5.56 Å². The van der Waals surface area contributed by atoms with Crippen LogP contribution in [-0.4, -0.2) is 21.0 Å². The Balaban J connectivity index is 1.67. The number of rotatable bonds is 5. The van der Waals surface area contributed by atoms with Crippen LogP contribution in [0, 0.1) is 6.92 Å². The molecule has 0 aliphatic carbocycles. The number of carbonyl (C=O) groups is 1. The lowest BCUT2D eigenvalue weighted by Crippen LogP contribution is -2.15. The van der Waals surface area contributed by atoms with Crippen LogP contribution in [0.25, 0.3) is 0 Å². The SMILES string of the molecule is Cc1cc(NC(=O)c2cc(NCc3ccccc3Cl)ncn2)no1. The van der Waals surface area contributed by atoms with Crippen LogP contribution in [0.5, 0.6) is 0 Å². The van der Waals surface area contributed by atoms with E-state index < -0.39 is 5.91 Å². The molecular weight excluding hydrogens is 330 g/mol. The number of hydrogen-bond acceptors (Lipinski definition) is 6. The fourth-order valence-corrected chi connectivity index (χ4v) is 2.21. The van der Waals surface area contributed by atoms with Crippen molar-refractivity contribution in [1.29, 1.82) is 0 Å². The summed E-state index contributed by atoms with van der Waals surface area (Å²) in [6.07, 6.45) is 1.32. The number of carbonyl (C=O) groups excluding carboxylic acids is 1. The normalized spacial score (nSPS) is 10.4. The third-order valence-electron chi connectivity index (χ3n) is 3.19. The van der Waals surface area contributed by atoms with Gasteiger partial charge in [-0.15, -0.1) is 0 Å². The average Bonchev–Trinajstić information content (AvgIpc) is 2.99. The Bertz CT molecular complexity index is 865. The lowest BCUT2D eigenvalue weighted by molar-refractivity contribution is 0.102. The summed E-state index contributed by atoms with van der Waals surface area (Å²) < 4.78 is 4.90. The van der Waals surface area contributed by atoms with Crippen LogP contribution < -0.4 is 10.6 Å². The van der Waals surface area contributed by atoms with Gasteiger partial charge in [-0.2, -0.15) is 0 Å². The van der Waals surface area contributed by atoms with Crippen molar-refractivity contribution in [2.45, 2.75) is 13.5 Å². The molecule has 24 heavy (non-hydrogen) atoms. The van der Waals surface area contributed by atoms with Crippen LogP contribution in [0.15, 0.2) is 47.2 Å². The Morgan fingerprint density at radius 2 is 2.04 bits per heavy atom. The Morgan fingerprint density at radius 1 is 1.21 bits per heavy atom. The first kappa shape index (κ1) is 15.9. The molecule has 0 aliphatic heterocycles. The van der Waals surface area contributed by atoms with E-state index in [1.54, 1.807) is 19.1 Å². The van der Waals surface area contributed by atoms with E-state index in [1.807, 2.05) is 24.3 Å². The third-order valence-corrected chi connectivity index (χ3v) is 3.56. The molecule has 122 valence electrons. The van der Waals surface area contributed by atoms with Gasteiger partial charge in [0.05, 0.1) is 0 Å². The molecular formula is C16H14ClN5O2. The fourth-order valence-electron chi connectivity index (χ4n) is 2.01. The predicted octanol–water partition coefficient (Wildman–Crippen LogP) is 3.29. The number of nitrogens with zero attached hydrogens (tertiary/aromatic N) is 3. The minimum atomic E-state index is -0.397. The van der Waals surface area contributed by atoms with Gasteiger partial charge in [0.15, 0.2) is 5.82 Å². The predicted molar refractivity (Wildman–Crippen MR) is 90.0 cm³/mol. The minimum Gasteiger partial charge on any atom is -0.366 e. The minimum absolute atomic E-state index is 0.215. The zero-order valence-electron chi connectivity index (χ0n) is 12.8. The maximum absolute atomic E-state index is 12.2. The van der Waals surface area contributed by atoms with Crippen molar-refractivity contribution < 1.29 is 9.32 Å². The van der Waals surface area contributed by atoms with E-state index >= 15 is 0 Å². The number of halogens is 1. The van der Waals surface area contributed by atoms with Gasteiger partial charge in [-0.1, -0.05) is 35.0 Å². The van der Waals surface area contributed by atoms with E-state index in [9.17, 15) is 4.79 Å². The van der Waals surface area contributed by atoms with Gasteiger partial charge >= 0.3 is 0 Å². The Labute approximate surface area is 143 Å². The smallest absolute Gasteiger partial charge is 0.275 e. The highest BCUT2D eigenvalue weighted by Gasteiger charge is 2.11. The molecule has 0 radical (unpaired) electrons. The summed E-state index contributed by atoms with van der Waals surface area (Å²) in [6.45, 7) is 2.23. The molecule has 0 saturated carbocycles. The summed E-state index contributed by atoms with van der Waals surface area (Å²) in [5.41, 5.74) is 1.15. The molecule has 1 amide bonds. The van der Waals surface area contributed by atoms with Crippen LogP contribution in [0.2, 0.25) is 5.02 Å². The molecule has 8 heteroatoms. The fraction of sp³-hybridized carbons (Fsp3) is 0.125. The molecule has 0 saturated heterocycles. The Hall–Kier alpha value is -2.93. The summed E-state index contributed by atoms with van der Waals surface area (Å²) in [4.78, 5) is 20.2. The van der Waals surface area contributed by atoms with Gasteiger partial charge in [0, 0.05) is 23.7 Å². The van der Waals surface area contributed by atoms with Gasteiger partial charge in [0.25, 0.3) is 5.91 Å². The van der Waals surface area contributed by atoms with Crippen molar-refractivity contribution in [3.63, 3.8) is 0 Å².